The summed E-state index contributed by atoms with van der Waals surface area (Å²) in [6.45, 7) is 4.78. The lowest BCUT2D eigenvalue weighted by molar-refractivity contribution is 0.312. The molecule has 2 aliphatic rings. The third kappa shape index (κ3) is 3.93. The van der Waals surface area contributed by atoms with Crippen LogP contribution in [-0.2, 0) is 13.6 Å². The molecule has 0 radical (unpaired) electrons. The van der Waals surface area contributed by atoms with Gasteiger partial charge in [0.1, 0.15) is 5.75 Å². The van der Waals surface area contributed by atoms with Gasteiger partial charge in [0, 0.05) is 63.6 Å². The van der Waals surface area contributed by atoms with E-state index < -0.39 is 0 Å². The van der Waals surface area contributed by atoms with Gasteiger partial charge in [-0.05, 0) is 19.2 Å². The molecule has 2 aromatic heterocycles. The highest BCUT2D eigenvalue weighted by Crippen LogP contribution is 2.32. The zero-order chi connectivity index (χ0) is 21.4. The first-order valence-electron chi connectivity index (χ1n) is 10.4. The third-order valence-electron chi connectivity index (χ3n) is 5.72. The van der Waals surface area contributed by atoms with Crippen LogP contribution in [-0.4, -0.2) is 69.8 Å². The van der Waals surface area contributed by atoms with Crippen LogP contribution >= 0.6 is 0 Å². The van der Waals surface area contributed by atoms with Crippen molar-refractivity contribution in [1.29, 1.82) is 0 Å². The quantitative estimate of drug-likeness (QED) is 0.670. The van der Waals surface area contributed by atoms with Crippen LogP contribution in [0.1, 0.15) is 5.82 Å². The molecule has 1 fully saturated rings. The smallest absolute Gasteiger partial charge is 0.247 e. The monoisotopic (exact) mass is 421 g/mol. The van der Waals surface area contributed by atoms with Gasteiger partial charge in [-0.25, -0.2) is 4.68 Å². The zero-order valence-electron chi connectivity index (χ0n) is 18.1. The number of aromatic nitrogens is 5. The Kier molecular flexibility index (Phi) is 4.99. The fourth-order valence-electron chi connectivity index (χ4n) is 3.88. The number of hydrogen-bond acceptors (Lipinski definition) is 8. The van der Waals surface area contributed by atoms with E-state index in [-0.39, 0.29) is 0 Å². The van der Waals surface area contributed by atoms with Crippen LogP contribution in [0.4, 0.5) is 23.0 Å². The van der Waals surface area contributed by atoms with Crippen molar-refractivity contribution < 1.29 is 4.74 Å². The first-order valence-corrected chi connectivity index (χ1v) is 10.4. The lowest BCUT2D eigenvalue weighted by Crippen LogP contribution is -2.44. The van der Waals surface area contributed by atoms with Crippen LogP contribution < -0.4 is 19.9 Å². The van der Waals surface area contributed by atoms with E-state index in [0.29, 0.717) is 12.5 Å². The number of fused-ring (bicyclic) bond motifs is 1. The molecule has 0 amide bonds. The average molecular weight is 422 g/mol. The Morgan fingerprint density at radius 2 is 1.87 bits per heavy atom. The topological polar surface area (TPSA) is 79.5 Å². The SMILES string of the molecule is COc1cc(N2CCN(C)CC2)ccc1Nc1nc2n(n1)C=CN(c1cnn(C)c1)C2. The molecule has 2 aliphatic heterocycles. The number of benzene rings is 1. The number of piperazine rings is 1. The minimum absolute atomic E-state index is 0.540. The number of aryl methyl sites for hydroxylation is 1. The molecule has 0 unspecified atom stereocenters. The van der Waals surface area contributed by atoms with Crippen molar-refractivity contribution in [2.24, 2.45) is 7.05 Å². The molecule has 0 saturated carbocycles. The molecule has 1 aromatic carbocycles. The molecule has 5 rings (SSSR count). The number of hydrogen-bond donors (Lipinski definition) is 1. The maximum atomic E-state index is 5.66. The van der Waals surface area contributed by atoms with Gasteiger partial charge in [-0.15, -0.1) is 5.10 Å². The van der Waals surface area contributed by atoms with Crippen LogP contribution in [0, 0.1) is 0 Å². The Morgan fingerprint density at radius 3 is 2.61 bits per heavy atom. The van der Waals surface area contributed by atoms with E-state index in [0.717, 1.165) is 49.1 Å². The van der Waals surface area contributed by atoms with Crippen molar-refractivity contribution in [3.63, 3.8) is 0 Å². The molecule has 0 bridgehead atoms. The van der Waals surface area contributed by atoms with Gasteiger partial charge in [0.05, 0.1) is 31.2 Å². The normalized spacial score (nSPS) is 16.5. The number of rotatable bonds is 5. The molecule has 3 aromatic rings. The maximum absolute atomic E-state index is 5.66. The summed E-state index contributed by atoms with van der Waals surface area (Å²) in [6.07, 6.45) is 7.69. The zero-order valence-corrected chi connectivity index (χ0v) is 18.1. The summed E-state index contributed by atoms with van der Waals surface area (Å²) in [7, 11) is 5.76. The molecule has 10 heteroatoms. The number of ether oxygens (including phenoxy) is 1. The fourth-order valence-corrected chi connectivity index (χ4v) is 3.88. The number of methoxy groups -OCH3 is 1. The highest BCUT2D eigenvalue weighted by atomic mass is 16.5. The van der Waals surface area contributed by atoms with Gasteiger partial charge >= 0.3 is 0 Å². The Balaban J connectivity index is 1.32. The summed E-state index contributed by atoms with van der Waals surface area (Å²) in [6, 6.07) is 6.23. The standard InChI is InChI=1S/C21H27N9O/c1-26-6-8-28(9-7-26)16-4-5-18(19(12-16)31-3)23-21-24-20-15-29(10-11-30(20)25-21)17-13-22-27(2)14-17/h4-5,10-14H,6-9,15H2,1-3H3,(H,23,25). The van der Waals surface area contributed by atoms with Crippen LogP contribution in [0.2, 0.25) is 0 Å². The van der Waals surface area contributed by atoms with E-state index in [1.807, 2.05) is 37.9 Å². The molecule has 1 N–H and O–H groups in total. The summed E-state index contributed by atoms with van der Waals surface area (Å²) in [5.41, 5.74) is 3.03. The second-order valence-electron chi connectivity index (χ2n) is 7.89. The van der Waals surface area contributed by atoms with Crippen LogP contribution in [0.3, 0.4) is 0 Å². The molecule has 0 atom stereocenters. The average Bonchev–Trinajstić information content (AvgIpc) is 3.39. The van der Waals surface area contributed by atoms with E-state index >= 15 is 0 Å². The molecule has 1 saturated heterocycles. The van der Waals surface area contributed by atoms with Gasteiger partial charge in [-0.1, -0.05) is 0 Å². The van der Waals surface area contributed by atoms with E-state index in [2.05, 4.69) is 54.4 Å². The Bertz CT molecular complexity index is 1090. The largest absolute Gasteiger partial charge is 0.494 e. The highest BCUT2D eigenvalue weighted by Gasteiger charge is 2.19. The maximum Gasteiger partial charge on any atom is 0.247 e. The summed E-state index contributed by atoms with van der Waals surface area (Å²) >= 11 is 0. The van der Waals surface area contributed by atoms with Crippen molar-refractivity contribution >= 4 is 29.2 Å². The number of nitrogens with one attached hydrogen (secondary N) is 1. The van der Waals surface area contributed by atoms with Gasteiger partial charge in [0.2, 0.25) is 5.95 Å². The summed E-state index contributed by atoms with van der Waals surface area (Å²) in [4.78, 5) is 11.5. The summed E-state index contributed by atoms with van der Waals surface area (Å²) < 4.78 is 9.23. The van der Waals surface area contributed by atoms with Gasteiger partial charge in [0.15, 0.2) is 5.82 Å². The molecular formula is C21H27N9O. The summed E-state index contributed by atoms with van der Waals surface area (Å²) in [5, 5.41) is 12.1. The van der Waals surface area contributed by atoms with Crippen molar-refractivity contribution in [1.82, 2.24) is 29.4 Å². The molecule has 0 spiro atoms. The van der Waals surface area contributed by atoms with Crippen molar-refractivity contribution in [2.75, 3.05) is 55.5 Å². The van der Waals surface area contributed by atoms with E-state index in [1.165, 1.54) is 5.69 Å². The van der Waals surface area contributed by atoms with E-state index in [9.17, 15) is 0 Å². The van der Waals surface area contributed by atoms with E-state index in [4.69, 9.17) is 4.74 Å². The summed E-state index contributed by atoms with van der Waals surface area (Å²) in [5.74, 6) is 2.16. The molecule has 162 valence electrons. The second kappa shape index (κ2) is 7.95. The van der Waals surface area contributed by atoms with Gasteiger partial charge in [0.25, 0.3) is 0 Å². The van der Waals surface area contributed by atoms with Crippen LogP contribution in [0.15, 0.2) is 36.8 Å². The molecule has 31 heavy (non-hydrogen) atoms. The van der Waals surface area contributed by atoms with Crippen LogP contribution in [0.5, 0.6) is 5.75 Å². The van der Waals surface area contributed by atoms with Crippen molar-refractivity contribution in [3.05, 3.63) is 42.6 Å². The predicted molar refractivity (Wildman–Crippen MR) is 121 cm³/mol. The molecular weight excluding hydrogens is 394 g/mol. The van der Waals surface area contributed by atoms with Crippen LogP contribution in [0.25, 0.3) is 6.20 Å². The van der Waals surface area contributed by atoms with Crippen molar-refractivity contribution in [3.8, 4) is 5.75 Å². The molecule has 10 nitrogen and oxygen atoms in total. The number of anilines is 4. The number of likely N-dealkylation sites (N-methyl/N-ethyl adjacent to an activating group) is 1. The first-order chi connectivity index (χ1) is 15.1. The van der Waals surface area contributed by atoms with Gasteiger partial charge in [-0.2, -0.15) is 10.1 Å². The van der Waals surface area contributed by atoms with Gasteiger partial charge in [-0.3, -0.25) is 4.68 Å². The van der Waals surface area contributed by atoms with Crippen molar-refractivity contribution in [2.45, 2.75) is 6.54 Å². The second-order valence-corrected chi connectivity index (χ2v) is 7.89. The highest BCUT2D eigenvalue weighted by molar-refractivity contribution is 5.68. The third-order valence-corrected chi connectivity index (χ3v) is 5.72. The first kappa shape index (κ1) is 19.4. The minimum atomic E-state index is 0.540. The fraction of sp³-hybridized carbons (Fsp3) is 0.381. The number of nitrogens with zero attached hydrogens (tertiary/aromatic N) is 8. The lowest BCUT2D eigenvalue weighted by Gasteiger charge is -2.34. The van der Waals surface area contributed by atoms with E-state index in [1.54, 1.807) is 16.5 Å². The minimum Gasteiger partial charge on any atom is -0.494 e. The Labute approximate surface area is 181 Å². The Morgan fingerprint density at radius 1 is 1.03 bits per heavy atom. The van der Waals surface area contributed by atoms with Gasteiger partial charge < -0.3 is 24.8 Å². The molecule has 4 heterocycles. The molecule has 0 aliphatic carbocycles. The lowest BCUT2D eigenvalue weighted by atomic mass is 10.2. The Hall–Kier alpha value is -3.53. The predicted octanol–water partition coefficient (Wildman–Crippen LogP) is 1.96.